The van der Waals surface area contributed by atoms with E-state index in [2.05, 4.69) is 29.6 Å². The van der Waals surface area contributed by atoms with Gasteiger partial charge in [0.05, 0.1) is 0 Å². The first-order valence-corrected chi connectivity index (χ1v) is 12.0. The number of fused-ring (bicyclic) bond motifs is 3. The summed E-state index contributed by atoms with van der Waals surface area (Å²) in [5.41, 5.74) is 4.71. The highest BCUT2D eigenvalue weighted by Crippen LogP contribution is 2.44. The van der Waals surface area contributed by atoms with Gasteiger partial charge in [0.15, 0.2) is 0 Å². The van der Waals surface area contributed by atoms with Crippen molar-refractivity contribution in [2.75, 3.05) is 26.2 Å². The van der Waals surface area contributed by atoms with Crippen molar-refractivity contribution in [3.63, 3.8) is 0 Å². The van der Waals surface area contributed by atoms with Gasteiger partial charge in [0.2, 0.25) is 5.91 Å². The Balaban J connectivity index is 1.20. The number of benzene rings is 2. The van der Waals surface area contributed by atoms with Crippen LogP contribution in [-0.4, -0.2) is 54.2 Å². The van der Waals surface area contributed by atoms with E-state index in [1.807, 2.05) is 36.1 Å². The molecule has 0 spiro atoms. The number of rotatable bonds is 8. The van der Waals surface area contributed by atoms with Crippen molar-refractivity contribution in [2.24, 2.45) is 11.8 Å². The highest BCUT2D eigenvalue weighted by Gasteiger charge is 2.29. The second-order valence-corrected chi connectivity index (χ2v) is 9.44. The number of amides is 2. The summed E-state index contributed by atoms with van der Waals surface area (Å²) in [6.45, 7) is 3.75. The third kappa shape index (κ3) is 5.58. The standard InChI is InChI=1S/C27H32N2O5/c1-18(14-25(30)29-12-10-19(11-13-29)15-26(31)32)16-28-27(33)34-17-24-22-8-4-2-6-20(22)21-7-3-5-9-23(21)24/h2-9,18-19,24H,10-17H2,1H3,(H,28,33)(H,31,32). The molecule has 1 saturated heterocycles. The molecule has 1 heterocycles. The van der Waals surface area contributed by atoms with E-state index < -0.39 is 12.1 Å². The summed E-state index contributed by atoms with van der Waals surface area (Å²) < 4.78 is 5.56. The minimum absolute atomic E-state index is 0.0150. The Labute approximate surface area is 200 Å². The predicted octanol–water partition coefficient (Wildman–Crippen LogP) is 4.26. The molecule has 4 rings (SSSR count). The van der Waals surface area contributed by atoms with Crippen LogP contribution >= 0.6 is 0 Å². The van der Waals surface area contributed by atoms with Gasteiger partial charge in [0, 0.05) is 38.4 Å². The quantitative estimate of drug-likeness (QED) is 0.608. The van der Waals surface area contributed by atoms with E-state index in [1.54, 1.807) is 0 Å². The number of carbonyl (C=O) groups is 3. The maximum Gasteiger partial charge on any atom is 0.407 e. The van der Waals surface area contributed by atoms with Crippen LogP contribution in [0.1, 0.15) is 49.7 Å². The van der Waals surface area contributed by atoms with E-state index in [9.17, 15) is 14.4 Å². The van der Waals surface area contributed by atoms with Crippen LogP contribution in [0.3, 0.4) is 0 Å². The van der Waals surface area contributed by atoms with Gasteiger partial charge in [-0.2, -0.15) is 0 Å². The third-order valence-electron chi connectivity index (χ3n) is 6.89. The molecule has 7 heteroatoms. The van der Waals surface area contributed by atoms with Crippen LogP contribution < -0.4 is 5.32 Å². The van der Waals surface area contributed by atoms with Gasteiger partial charge in [-0.1, -0.05) is 55.5 Å². The molecule has 0 saturated carbocycles. The lowest BCUT2D eigenvalue weighted by atomic mass is 9.93. The van der Waals surface area contributed by atoms with Crippen LogP contribution in [0.2, 0.25) is 0 Å². The summed E-state index contributed by atoms with van der Waals surface area (Å²) >= 11 is 0. The van der Waals surface area contributed by atoms with Crippen LogP contribution in [0.5, 0.6) is 0 Å². The molecule has 2 N–H and O–H groups in total. The molecule has 2 amide bonds. The number of alkyl carbamates (subject to hydrolysis) is 1. The second kappa shape index (κ2) is 10.7. The van der Waals surface area contributed by atoms with Crippen molar-refractivity contribution >= 4 is 18.0 Å². The first-order valence-electron chi connectivity index (χ1n) is 12.0. The van der Waals surface area contributed by atoms with Crippen LogP contribution in [0.15, 0.2) is 48.5 Å². The van der Waals surface area contributed by atoms with Crippen LogP contribution in [-0.2, 0) is 14.3 Å². The Morgan fingerprint density at radius 2 is 1.62 bits per heavy atom. The topological polar surface area (TPSA) is 95.9 Å². The maximum atomic E-state index is 12.6. The number of ether oxygens (including phenoxy) is 1. The maximum absolute atomic E-state index is 12.6. The van der Waals surface area contributed by atoms with Crippen LogP contribution in [0.25, 0.3) is 11.1 Å². The predicted molar refractivity (Wildman–Crippen MR) is 128 cm³/mol. The van der Waals surface area contributed by atoms with Gasteiger partial charge in [-0.25, -0.2) is 4.79 Å². The number of carboxylic acids is 1. The largest absolute Gasteiger partial charge is 0.481 e. The molecule has 0 aromatic heterocycles. The lowest BCUT2D eigenvalue weighted by Crippen LogP contribution is -2.40. The zero-order valence-corrected chi connectivity index (χ0v) is 19.5. The van der Waals surface area contributed by atoms with Crippen molar-refractivity contribution in [1.29, 1.82) is 0 Å². The Morgan fingerprint density at radius 3 is 2.21 bits per heavy atom. The number of hydrogen-bond acceptors (Lipinski definition) is 4. The van der Waals surface area contributed by atoms with Crippen molar-refractivity contribution in [1.82, 2.24) is 10.2 Å². The molecule has 1 aliphatic carbocycles. The van der Waals surface area contributed by atoms with Crippen LogP contribution in [0.4, 0.5) is 4.79 Å². The van der Waals surface area contributed by atoms with Gasteiger partial charge in [0.1, 0.15) is 6.61 Å². The van der Waals surface area contributed by atoms with Gasteiger partial charge in [0.25, 0.3) is 0 Å². The zero-order valence-electron chi connectivity index (χ0n) is 19.5. The minimum atomic E-state index is -0.780. The SMILES string of the molecule is CC(CNC(=O)OCC1c2ccccc2-c2ccccc21)CC(=O)N1CCC(CC(=O)O)CC1. The average molecular weight is 465 g/mol. The fourth-order valence-corrected chi connectivity index (χ4v) is 5.04. The number of carboxylic acid groups (broad SMARTS) is 1. The summed E-state index contributed by atoms with van der Waals surface area (Å²) in [6.07, 6.45) is 1.49. The van der Waals surface area contributed by atoms with Crippen LogP contribution in [0, 0.1) is 11.8 Å². The average Bonchev–Trinajstić information content (AvgIpc) is 3.15. The second-order valence-electron chi connectivity index (χ2n) is 9.44. The zero-order chi connectivity index (χ0) is 24.1. The van der Waals surface area contributed by atoms with E-state index in [0.29, 0.717) is 26.1 Å². The van der Waals surface area contributed by atoms with Gasteiger partial charge >= 0.3 is 12.1 Å². The highest BCUT2D eigenvalue weighted by molar-refractivity contribution is 5.79. The minimum Gasteiger partial charge on any atom is -0.481 e. The highest BCUT2D eigenvalue weighted by atomic mass is 16.5. The van der Waals surface area contributed by atoms with E-state index >= 15 is 0 Å². The third-order valence-corrected chi connectivity index (χ3v) is 6.89. The lowest BCUT2D eigenvalue weighted by Gasteiger charge is -2.32. The molecule has 1 unspecified atom stereocenters. The van der Waals surface area contributed by atoms with Crippen molar-refractivity contribution in [3.8, 4) is 11.1 Å². The van der Waals surface area contributed by atoms with Crippen molar-refractivity contribution in [2.45, 2.75) is 38.5 Å². The van der Waals surface area contributed by atoms with E-state index in [4.69, 9.17) is 9.84 Å². The Bertz CT molecular complexity index is 999. The molecule has 1 aliphatic heterocycles. The summed E-state index contributed by atoms with van der Waals surface area (Å²) in [6, 6.07) is 16.4. The number of hydrogen-bond donors (Lipinski definition) is 2. The lowest BCUT2D eigenvalue weighted by molar-refractivity contribution is -0.138. The summed E-state index contributed by atoms with van der Waals surface area (Å²) in [5.74, 6) is -0.589. The molecule has 7 nitrogen and oxygen atoms in total. The van der Waals surface area contributed by atoms with Gasteiger partial charge < -0.3 is 20.1 Å². The van der Waals surface area contributed by atoms with Gasteiger partial charge in [-0.05, 0) is 46.9 Å². The van der Waals surface area contributed by atoms with E-state index in [0.717, 1.165) is 12.8 Å². The van der Waals surface area contributed by atoms with E-state index in [1.165, 1.54) is 22.3 Å². The number of carbonyl (C=O) groups excluding carboxylic acids is 2. The molecule has 0 bridgehead atoms. The fraction of sp³-hybridized carbons (Fsp3) is 0.444. The first kappa shape index (κ1) is 23.8. The molecule has 34 heavy (non-hydrogen) atoms. The molecule has 1 fully saturated rings. The number of nitrogens with zero attached hydrogens (tertiary/aromatic N) is 1. The number of nitrogens with one attached hydrogen (secondary N) is 1. The first-order chi connectivity index (χ1) is 16.4. The molecule has 2 aromatic carbocycles. The summed E-state index contributed by atoms with van der Waals surface area (Å²) in [7, 11) is 0. The van der Waals surface area contributed by atoms with Crippen molar-refractivity contribution < 1.29 is 24.2 Å². The number of piperidine rings is 1. The number of aliphatic carboxylic acids is 1. The summed E-state index contributed by atoms with van der Waals surface area (Å²) in [5, 5.41) is 11.7. The smallest absolute Gasteiger partial charge is 0.407 e. The molecule has 1 atom stereocenters. The monoisotopic (exact) mass is 464 g/mol. The van der Waals surface area contributed by atoms with E-state index in [-0.39, 0.29) is 36.7 Å². The van der Waals surface area contributed by atoms with Gasteiger partial charge in [-0.15, -0.1) is 0 Å². The molecule has 180 valence electrons. The Morgan fingerprint density at radius 1 is 1.03 bits per heavy atom. The fourth-order valence-electron chi connectivity index (χ4n) is 5.04. The normalized spacial score (nSPS) is 16.4. The molecular weight excluding hydrogens is 432 g/mol. The molecular formula is C27H32N2O5. The van der Waals surface area contributed by atoms with Gasteiger partial charge in [-0.3, -0.25) is 9.59 Å². The molecule has 2 aliphatic rings. The summed E-state index contributed by atoms with van der Waals surface area (Å²) in [4.78, 5) is 37.6. The molecule has 2 aromatic rings. The Hall–Kier alpha value is -3.35. The molecule has 0 radical (unpaired) electrons. The number of likely N-dealkylation sites (tertiary alicyclic amines) is 1. The van der Waals surface area contributed by atoms with Crippen molar-refractivity contribution in [3.05, 3.63) is 59.7 Å². The Kier molecular flexibility index (Phi) is 7.50.